The molecule has 3 N–H and O–H groups in total. The number of rotatable bonds is 3. The largest absolute Gasteiger partial charge is 0.454 e. The average Bonchev–Trinajstić information content (AvgIpc) is 2.80. The predicted molar refractivity (Wildman–Crippen MR) is 66.7 cm³/mol. The molecule has 1 aromatic carbocycles. The van der Waals surface area contributed by atoms with E-state index < -0.39 is 0 Å². The van der Waals surface area contributed by atoms with Crippen molar-refractivity contribution in [1.82, 2.24) is 0 Å². The molecule has 5 nitrogen and oxygen atoms in total. The van der Waals surface area contributed by atoms with E-state index in [1.165, 1.54) is 0 Å². The van der Waals surface area contributed by atoms with Gasteiger partial charge in [0.05, 0.1) is 0 Å². The molecule has 18 heavy (non-hydrogen) atoms. The third kappa shape index (κ3) is 1.90. The molecule has 0 saturated carbocycles. The third-order valence-electron chi connectivity index (χ3n) is 3.45. The summed E-state index contributed by atoms with van der Waals surface area (Å²) in [7, 11) is 0. The van der Waals surface area contributed by atoms with Crippen LogP contribution in [0.1, 0.15) is 18.4 Å². The standard InChI is InChI=1S/C13H16N2O3/c14-3-1-2-8-4-9-5-11-12(18-7-17-11)6-10(9)15-13(8)16/h5-6,8H,1-4,7,14H2,(H,15,16). The molecule has 1 amide bonds. The van der Waals surface area contributed by atoms with Gasteiger partial charge in [-0.05, 0) is 37.4 Å². The summed E-state index contributed by atoms with van der Waals surface area (Å²) in [4.78, 5) is 11.9. The number of nitrogens with one attached hydrogen (secondary N) is 1. The van der Waals surface area contributed by atoms with Crippen LogP contribution < -0.4 is 20.5 Å². The van der Waals surface area contributed by atoms with Gasteiger partial charge in [0.2, 0.25) is 12.7 Å². The molecule has 0 saturated heterocycles. The van der Waals surface area contributed by atoms with E-state index in [-0.39, 0.29) is 18.6 Å². The molecular formula is C13H16N2O3. The van der Waals surface area contributed by atoms with E-state index in [0.717, 1.165) is 36.3 Å². The Morgan fingerprint density at radius 2 is 2.11 bits per heavy atom. The third-order valence-corrected chi connectivity index (χ3v) is 3.45. The van der Waals surface area contributed by atoms with Gasteiger partial charge in [0, 0.05) is 17.7 Å². The number of hydrogen-bond donors (Lipinski definition) is 2. The van der Waals surface area contributed by atoms with Crippen molar-refractivity contribution in [3.8, 4) is 11.5 Å². The first-order valence-electron chi connectivity index (χ1n) is 6.21. The van der Waals surface area contributed by atoms with Gasteiger partial charge in [-0.2, -0.15) is 0 Å². The lowest BCUT2D eigenvalue weighted by molar-refractivity contribution is -0.120. The van der Waals surface area contributed by atoms with Crippen molar-refractivity contribution < 1.29 is 14.3 Å². The Balaban J connectivity index is 1.85. The zero-order chi connectivity index (χ0) is 12.5. The van der Waals surface area contributed by atoms with Crippen LogP contribution in [0.2, 0.25) is 0 Å². The fraction of sp³-hybridized carbons (Fsp3) is 0.462. The van der Waals surface area contributed by atoms with E-state index >= 15 is 0 Å². The maximum Gasteiger partial charge on any atom is 0.231 e. The van der Waals surface area contributed by atoms with E-state index in [0.29, 0.717) is 12.3 Å². The fourth-order valence-electron chi connectivity index (χ4n) is 2.46. The van der Waals surface area contributed by atoms with Crippen LogP contribution in [0.15, 0.2) is 12.1 Å². The van der Waals surface area contributed by atoms with Gasteiger partial charge in [-0.1, -0.05) is 0 Å². The zero-order valence-electron chi connectivity index (χ0n) is 10.1. The van der Waals surface area contributed by atoms with Crippen LogP contribution in [-0.4, -0.2) is 19.2 Å². The Kier molecular flexibility index (Phi) is 2.83. The molecule has 0 fully saturated rings. The van der Waals surface area contributed by atoms with Gasteiger partial charge in [0.25, 0.3) is 0 Å². The van der Waals surface area contributed by atoms with Crippen molar-refractivity contribution >= 4 is 11.6 Å². The monoisotopic (exact) mass is 248 g/mol. The first-order valence-corrected chi connectivity index (χ1v) is 6.21. The minimum Gasteiger partial charge on any atom is -0.454 e. The van der Waals surface area contributed by atoms with E-state index in [1.807, 2.05) is 12.1 Å². The number of carbonyl (C=O) groups is 1. The van der Waals surface area contributed by atoms with E-state index in [9.17, 15) is 4.79 Å². The minimum atomic E-state index is 0.0152. The minimum absolute atomic E-state index is 0.0152. The zero-order valence-corrected chi connectivity index (χ0v) is 10.1. The predicted octanol–water partition coefficient (Wildman–Crippen LogP) is 1.26. The molecular weight excluding hydrogens is 232 g/mol. The lowest BCUT2D eigenvalue weighted by Gasteiger charge is -2.24. The summed E-state index contributed by atoms with van der Waals surface area (Å²) in [5.41, 5.74) is 7.44. The maximum absolute atomic E-state index is 11.9. The summed E-state index contributed by atoms with van der Waals surface area (Å²) in [6.07, 6.45) is 2.45. The second-order valence-corrected chi connectivity index (χ2v) is 4.68. The Morgan fingerprint density at radius 1 is 1.33 bits per heavy atom. The van der Waals surface area contributed by atoms with Crippen LogP contribution in [0.4, 0.5) is 5.69 Å². The van der Waals surface area contributed by atoms with Crippen molar-refractivity contribution in [2.24, 2.45) is 11.7 Å². The smallest absolute Gasteiger partial charge is 0.231 e. The Hall–Kier alpha value is -1.75. The second-order valence-electron chi connectivity index (χ2n) is 4.68. The molecule has 2 aliphatic heterocycles. The van der Waals surface area contributed by atoms with Crippen molar-refractivity contribution in [2.75, 3.05) is 18.7 Å². The van der Waals surface area contributed by atoms with Crippen LogP contribution in [0.5, 0.6) is 11.5 Å². The molecule has 1 unspecified atom stereocenters. The van der Waals surface area contributed by atoms with Crippen LogP contribution >= 0.6 is 0 Å². The van der Waals surface area contributed by atoms with Gasteiger partial charge >= 0.3 is 0 Å². The SMILES string of the molecule is NCCCC1Cc2cc3c(cc2NC1=O)OCO3. The van der Waals surface area contributed by atoms with Crippen molar-refractivity contribution in [2.45, 2.75) is 19.3 Å². The number of anilines is 1. The Bertz CT molecular complexity index is 487. The number of ether oxygens (including phenoxy) is 2. The average molecular weight is 248 g/mol. The molecule has 1 atom stereocenters. The molecule has 96 valence electrons. The van der Waals surface area contributed by atoms with Gasteiger partial charge in [-0.25, -0.2) is 0 Å². The lowest BCUT2D eigenvalue weighted by atomic mass is 9.89. The number of benzene rings is 1. The summed E-state index contributed by atoms with van der Waals surface area (Å²) in [6.45, 7) is 0.876. The van der Waals surface area contributed by atoms with Crippen molar-refractivity contribution in [3.63, 3.8) is 0 Å². The van der Waals surface area contributed by atoms with E-state index in [2.05, 4.69) is 5.32 Å². The van der Waals surface area contributed by atoms with Gasteiger partial charge in [0.1, 0.15) is 0 Å². The van der Waals surface area contributed by atoms with Gasteiger partial charge < -0.3 is 20.5 Å². The van der Waals surface area contributed by atoms with Crippen LogP contribution in [0, 0.1) is 5.92 Å². The summed E-state index contributed by atoms with van der Waals surface area (Å²) < 4.78 is 10.7. The molecule has 0 aromatic heterocycles. The molecule has 2 heterocycles. The van der Waals surface area contributed by atoms with Crippen LogP contribution in [0.3, 0.4) is 0 Å². The molecule has 2 aliphatic rings. The highest BCUT2D eigenvalue weighted by Crippen LogP contribution is 2.40. The van der Waals surface area contributed by atoms with Gasteiger partial charge in [-0.15, -0.1) is 0 Å². The highest BCUT2D eigenvalue weighted by atomic mass is 16.7. The van der Waals surface area contributed by atoms with Gasteiger partial charge in [-0.3, -0.25) is 4.79 Å². The first-order chi connectivity index (χ1) is 8.78. The molecule has 0 bridgehead atoms. The quantitative estimate of drug-likeness (QED) is 0.844. The number of nitrogens with two attached hydrogens (primary N) is 1. The summed E-state index contributed by atoms with van der Waals surface area (Å²) in [5, 5.41) is 2.93. The maximum atomic E-state index is 11.9. The molecule has 3 rings (SSSR count). The molecule has 1 aromatic rings. The summed E-state index contributed by atoms with van der Waals surface area (Å²) >= 11 is 0. The number of amides is 1. The highest BCUT2D eigenvalue weighted by Gasteiger charge is 2.28. The fourth-order valence-corrected chi connectivity index (χ4v) is 2.46. The lowest BCUT2D eigenvalue weighted by Crippen LogP contribution is -2.30. The molecule has 0 spiro atoms. The van der Waals surface area contributed by atoms with Gasteiger partial charge in [0.15, 0.2) is 11.5 Å². The normalized spacial score (nSPS) is 20.5. The first kappa shape index (κ1) is 11.3. The number of hydrogen-bond acceptors (Lipinski definition) is 4. The van der Waals surface area contributed by atoms with Crippen molar-refractivity contribution in [3.05, 3.63) is 17.7 Å². The van der Waals surface area contributed by atoms with Crippen LogP contribution in [0.25, 0.3) is 0 Å². The molecule has 5 heteroatoms. The molecule has 0 aliphatic carbocycles. The Labute approximate surface area is 105 Å². The second kappa shape index (κ2) is 4.49. The van der Waals surface area contributed by atoms with Crippen LogP contribution in [-0.2, 0) is 11.2 Å². The highest BCUT2D eigenvalue weighted by molar-refractivity contribution is 5.96. The summed E-state index contributed by atoms with van der Waals surface area (Å²) in [5.74, 6) is 1.56. The van der Waals surface area contributed by atoms with E-state index in [1.54, 1.807) is 0 Å². The topological polar surface area (TPSA) is 73.6 Å². The molecule has 0 radical (unpaired) electrons. The number of carbonyl (C=O) groups excluding carboxylic acids is 1. The Morgan fingerprint density at radius 3 is 2.89 bits per heavy atom. The number of fused-ring (bicyclic) bond motifs is 2. The van der Waals surface area contributed by atoms with Crippen molar-refractivity contribution in [1.29, 1.82) is 0 Å². The van der Waals surface area contributed by atoms with E-state index in [4.69, 9.17) is 15.2 Å². The summed E-state index contributed by atoms with van der Waals surface area (Å²) in [6, 6.07) is 3.81.